The Bertz CT molecular complexity index is 982. The number of nitrogens with zero attached hydrogens (tertiary/aromatic N) is 2. The minimum Gasteiger partial charge on any atom is -0.489 e. The molecule has 0 aromatic heterocycles. The summed E-state index contributed by atoms with van der Waals surface area (Å²) in [5.41, 5.74) is 4.48. The molecule has 2 aromatic rings. The molecule has 0 N–H and O–H groups in total. The number of carbonyl (C=O) groups excluding carboxylic acids is 1. The quantitative estimate of drug-likeness (QED) is 0.763. The van der Waals surface area contributed by atoms with Crippen LogP contribution in [-0.4, -0.2) is 11.5 Å². The molecule has 0 amide bonds. The maximum Gasteiger partial charge on any atom is 0.161 e. The summed E-state index contributed by atoms with van der Waals surface area (Å²) in [6, 6.07) is 20.2. The van der Waals surface area contributed by atoms with Gasteiger partial charge in [-0.3, -0.25) is 9.79 Å². The second kappa shape index (κ2) is 7.82. The first kappa shape index (κ1) is 18.2. The zero-order chi connectivity index (χ0) is 19.5. The van der Waals surface area contributed by atoms with Gasteiger partial charge in [0, 0.05) is 29.3 Å². The number of nitriles is 1. The van der Waals surface area contributed by atoms with E-state index in [9.17, 15) is 10.1 Å². The molecule has 2 aliphatic rings. The van der Waals surface area contributed by atoms with Crippen LogP contribution in [0, 0.1) is 17.2 Å². The van der Waals surface area contributed by atoms with Gasteiger partial charge < -0.3 is 4.74 Å². The molecule has 4 heteroatoms. The van der Waals surface area contributed by atoms with Crippen LogP contribution in [0.2, 0.25) is 0 Å². The van der Waals surface area contributed by atoms with Gasteiger partial charge in [0.05, 0.1) is 12.0 Å². The average molecular weight is 370 g/mol. The highest BCUT2D eigenvalue weighted by Crippen LogP contribution is 2.43. The number of benzene rings is 2. The summed E-state index contributed by atoms with van der Waals surface area (Å²) in [4.78, 5) is 17.2. The lowest BCUT2D eigenvalue weighted by atomic mass is 9.72. The Labute approximate surface area is 165 Å². The van der Waals surface area contributed by atoms with Gasteiger partial charge in [0.25, 0.3) is 0 Å². The van der Waals surface area contributed by atoms with Gasteiger partial charge in [0.2, 0.25) is 0 Å². The molecule has 1 aliphatic heterocycles. The third-order valence-corrected chi connectivity index (χ3v) is 5.46. The highest BCUT2D eigenvalue weighted by molar-refractivity contribution is 6.02. The van der Waals surface area contributed by atoms with Crippen molar-refractivity contribution in [3.05, 3.63) is 77.0 Å². The van der Waals surface area contributed by atoms with Gasteiger partial charge in [-0.15, -0.1) is 0 Å². The van der Waals surface area contributed by atoms with Gasteiger partial charge in [-0.2, -0.15) is 5.26 Å². The van der Waals surface area contributed by atoms with Gasteiger partial charge in [0.1, 0.15) is 12.4 Å². The Morgan fingerprint density at radius 3 is 2.57 bits per heavy atom. The fourth-order valence-electron chi connectivity index (χ4n) is 4.05. The molecule has 1 aliphatic carbocycles. The van der Waals surface area contributed by atoms with Crippen molar-refractivity contribution in [2.24, 2.45) is 10.9 Å². The van der Waals surface area contributed by atoms with Crippen molar-refractivity contribution in [1.82, 2.24) is 0 Å². The maximum absolute atomic E-state index is 12.6. The van der Waals surface area contributed by atoms with E-state index in [0.29, 0.717) is 13.0 Å². The molecule has 0 saturated heterocycles. The second-order valence-electron chi connectivity index (χ2n) is 7.32. The van der Waals surface area contributed by atoms with E-state index in [0.717, 1.165) is 46.7 Å². The van der Waals surface area contributed by atoms with Crippen LogP contribution in [0.5, 0.6) is 5.75 Å². The van der Waals surface area contributed by atoms with E-state index in [-0.39, 0.29) is 11.7 Å². The summed E-state index contributed by atoms with van der Waals surface area (Å²) in [5.74, 6) is 0.254. The molecule has 2 aromatic carbocycles. The average Bonchev–Trinajstić information content (AvgIpc) is 2.73. The van der Waals surface area contributed by atoms with E-state index in [2.05, 4.69) is 11.1 Å². The van der Waals surface area contributed by atoms with Gasteiger partial charge >= 0.3 is 0 Å². The molecule has 4 rings (SSSR count). The van der Waals surface area contributed by atoms with Crippen LogP contribution in [0.4, 0.5) is 0 Å². The second-order valence-corrected chi connectivity index (χ2v) is 7.32. The molecule has 0 bridgehead atoms. The van der Waals surface area contributed by atoms with E-state index >= 15 is 0 Å². The first-order valence-corrected chi connectivity index (χ1v) is 9.65. The van der Waals surface area contributed by atoms with Crippen molar-refractivity contribution in [3.63, 3.8) is 0 Å². The third-order valence-electron chi connectivity index (χ3n) is 5.46. The zero-order valence-electron chi connectivity index (χ0n) is 15.9. The Balaban J connectivity index is 1.60. The van der Waals surface area contributed by atoms with Crippen molar-refractivity contribution < 1.29 is 9.53 Å². The molecule has 2 atom stereocenters. The monoisotopic (exact) mass is 370 g/mol. The Morgan fingerprint density at radius 1 is 1.11 bits per heavy atom. The summed E-state index contributed by atoms with van der Waals surface area (Å²) in [6.07, 6.45) is 2.19. The number of ether oxygens (including phenoxy) is 1. The number of rotatable bonds is 4. The molecular weight excluding hydrogens is 348 g/mol. The lowest BCUT2D eigenvalue weighted by molar-refractivity contribution is -0.116. The molecule has 0 spiro atoms. The first-order valence-electron chi connectivity index (χ1n) is 9.65. The lowest BCUT2D eigenvalue weighted by Crippen LogP contribution is -2.30. The van der Waals surface area contributed by atoms with Crippen LogP contribution in [0.15, 0.2) is 70.9 Å². The van der Waals surface area contributed by atoms with Crippen LogP contribution in [0.25, 0.3) is 0 Å². The van der Waals surface area contributed by atoms with E-state index in [4.69, 9.17) is 4.74 Å². The van der Waals surface area contributed by atoms with Crippen LogP contribution < -0.4 is 4.74 Å². The van der Waals surface area contributed by atoms with Gasteiger partial charge in [-0.25, -0.2) is 0 Å². The topological polar surface area (TPSA) is 62.4 Å². The Kier molecular flexibility index (Phi) is 5.08. The van der Waals surface area contributed by atoms with Crippen molar-refractivity contribution in [2.45, 2.75) is 38.7 Å². The molecule has 4 nitrogen and oxygen atoms in total. The zero-order valence-corrected chi connectivity index (χ0v) is 15.9. The number of ketones is 1. The SMILES string of the molecule is CC1=NC2=C(C(=O)CCC2)[C@H](c2ccc(OCc3ccccc3)cc2)C1C#N. The van der Waals surface area contributed by atoms with Crippen molar-refractivity contribution in [2.75, 3.05) is 0 Å². The highest BCUT2D eigenvalue weighted by atomic mass is 16.5. The maximum atomic E-state index is 12.6. The van der Waals surface area contributed by atoms with Crippen molar-refractivity contribution in [3.8, 4) is 11.8 Å². The van der Waals surface area contributed by atoms with Gasteiger partial charge in [0.15, 0.2) is 5.78 Å². The third kappa shape index (κ3) is 3.48. The van der Waals surface area contributed by atoms with Crippen molar-refractivity contribution >= 4 is 11.5 Å². The van der Waals surface area contributed by atoms with E-state index in [1.807, 2.05) is 61.5 Å². The molecule has 1 heterocycles. The van der Waals surface area contributed by atoms with E-state index in [1.54, 1.807) is 0 Å². The number of Topliss-reactive ketones (excluding diaryl/α,β-unsaturated/α-hetero) is 1. The molecule has 1 unspecified atom stereocenters. The minimum atomic E-state index is -0.406. The Hall–Kier alpha value is -3.19. The summed E-state index contributed by atoms with van der Waals surface area (Å²) >= 11 is 0. The molecule has 28 heavy (non-hydrogen) atoms. The molecular formula is C24H22N2O2. The summed E-state index contributed by atoms with van der Waals surface area (Å²) in [7, 11) is 0. The normalized spacial score (nSPS) is 21.6. The van der Waals surface area contributed by atoms with Crippen LogP contribution >= 0.6 is 0 Å². The van der Waals surface area contributed by atoms with Gasteiger partial charge in [-0.05, 0) is 43.0 Å². The predicted octanol–water partition coefficient (Wildman–Crippen LogP) is 4.97. The molecule has 140 valence electrons. The number of hydrogen-bond acceptors (Lipinski definition) is 4. The number of carbonyl (C=O) groups is 1. The highest BCUT2D eigenvalue weighted by Gasteiger charge is 2.38. The van der Waals surface area contributed by atoms with Gasteiger partial charge in [-0.1, -0.05) is 42.5 Å². The minimum absolute atomic E-state index is 0.132. The molecule has 0 fully saturated rings. The summed E-state index contributed by atoms with van der Waals surface area (Å²) in [5, 5.41) is 9.75. The molecule has 0 saturated carbocycles. The smallest absolute Gasteiger partial charge is 0.161 e. The predicted molar refractivity (Wildman–Crippen MR) is 108 cm³/mol. The fourth-order valence-corrected chi connectivity index (χ4v) is 4.05. The summed E-state index contributed by atoms with van der Waals surface area (Å²) < 4.78 is 5.87. The Morgan fingerprint density at radius 2 is 1.86 bits per heavy atom. The van der Waals surface area contributed by atoms with E-state index < -0.39 is 5.92 Å². The van der Waals surface area contributed by atoms with Crippen LogP contribution in [-0.2, 0) is 11.4 Å². The number of allylic oxidation sites excluding steroid dienone is 2. The van der Waals surface area contributed by atoms with E-state index in [1.165, 1.54) is 0 Å². The standard InChI is InChI=1S/C24H22N2O2/c1-16-20(14-25)23(24-21(26-16)8-5-9-22(24)27)18-10-12-19(13-11-18)28-15-17-6-3-2-4-7-17/h2-4,6-7,10-13,20,23H,5,8-9,15H2,1H3/t20?,23-/m1/s1. The first-order chi connectivity index (χ1) is 13.7. The summed E-state index contributed by atoms with van der Waals surface area (Å²) in [6.45, 7) is 2.39. The van der Waals surface area contributed by atoms with Crippen LogP contribution in [0.3, 0.4) is 0 Å². The number of hydrogen-bond donors (Lipinski definition) is 0. The van der Waals surface area contributed by atoms with Crippen LogP contribution in [0.1, 0.15) is 43.2 Å². The van der Waals surface area contributed by atoms with Crippen molar-refractivity contribution in [1.29, 1.82) is 5.26 Å². The lowest BCUT2D eigenvalue weighted by Gasteiger charge is -2.32. The fraction of sp³-hybridized carbons (Fsp3) is 0.292. The molecule has 0 radical (unpaired) electrons. The number of aliphatic imine (C=N–C) groups is 1. The largest absolute Gasteiger partial charge is 0.489 e.